The Morgan fingerprint density at radius 3 is 1.83 bits per heavy atom. The molecule has 0 atom stereocenters. The zero-order valence-corrected chi connectivity index (χ0v) is 9.52. The minimum atomic E-state index is 0.396. The minimum absolute atomic E-state index is 0.396. The largest absolute Gasteiger partial charge is 0.398 e. The number of rotatable bonds is 3. The van der Waals surface area contributed by atoms with E-state index in [9.17, 15) is 0 Å². The van der Waals surface area contributed by atoms with Crippen LogP contribution >= 0.6 is 0 Å². The maximum absolute atomic E-state index is 5.18. The molecule has 4 nitrogen and oxygen atoms in total. The molecule has 4 heteroatoms. The fraction of sp³-hybridized carbons (Fsp3) is 0. The molecule has 18 heavy (non-hydrogen) atoms. The van der Waals surface area contributed by atoms with E-state index >= 15 is 0 Å². The quantitative estimate of drug-likeness (QED) is 0.699. The summed E-state index contributed by atoms with van der Waals surface area (Å²) in [5, 5.41) is 7.53. The van der Waals surface area contributed by atoms with E-state index in [0.717, 1.165) is 11.4 Å². The van der Waals surface area contributed by atoms with Crippen LogP contribution in [0.15, 0.2) is 65.1 Å². The van der Waals surface area contributed by atoms with Crippen molar-refractivity contribution in [2.45, 2.75) is 0 Å². The maximum atomic E-state index is 5.18. The van der Waals surface area contributed by atoms with Gasteiger partial charge in [0.1, 0.15) is 0 Å². The smallest absolute Gasteiger partial charge is 0.327 e. The summed E-state index contributed by atoms with van der Waals surface area (Å²) in [7, 11) is 0. The monoisotopic (exact) mass is 236 g/mol. The number of hydrogen-bond donors (Lipinski definition) is 0. The van der Waals surface area contributed by atoms with Crippen molar-refractivity contribution in [1.82, 2.24) is 10.2 Å². The number of aromatic nitrogens is 2. The summed E-state index contributed by atoms with van der Waals surface area (Å²) in [5.74, 6) is 0. The summed E-state index contributed by atoms with van der Waals surface area (Å²) in [6.07, 6.45) is 2.37. The van der Waals surface area contributed by atoms with Gasteiger partial charge in [0.25, 0.3) is 0 Å². The molecule has 1 heterocycles. The lowest BCUT2D eigenvalue weighted by molar-refractivity contribution is 0.551. The molecule has 0 amide bonds. The maximum Gasteiger partial charge on any atom is 0.327 e. The van der Waals surface area contributed by atoms with E-state index in [4.69, 9.17) is 4.42 Å². The lowest BCUT2D eigenvalue weighted by atomic mass is 10.2. The molecule has 0 aliphatic heterocycles. The summed E-state index contributed by atoms with van der Waals surface area (Å²) in [4.78, 5) is 1.88. The first-order valence-electron chi connectivity index (χ1n) is 5.55. The van der Waals surface area contributed by atoms with Crippen LogP contribution in [0.1, 0.15) is 0 Å². The Morgan fingerprint density at radius 2 is 1.39 bits per heavy atom. The Hall–Kier alpha value is -2.62. The Labute approximate surface area is 105 Å². The predicted octanol–water partition coefficient (Wildman–Crippen LogP) is 3.34. The van der Waals surface area contributed by atoms with Gasteiger partial charge in [0, 0.05) is 0 Å². The van der Waals surface area contributed by atoms with Crippen molar-refractivity contribution in [3.63, 3.8) is 0 Å². The first-order valence-corrected chi connectivity index (χ1v) is 5.55. The van der Waals surface area contributed by atoms with Crippen molar-refractivity contribution in [3.8, 4) is 0 Å². The fourth-order valence-electron chi connectivity index (χ4n) is 1.76. The van der Waals surface area contributed by atoms with Crippen LogP contribution in [0.3, 0.4) is 0 Å². The molecule has 0 saturated heterocycles. The van der Waals surface area contributed by atoms with Gasteiger partial charge in [0.2, 0.25) is 0 Å². The Morgan fingerprint density at radius 1 is 0.833 bits per heavy atom. The molecule has 0 N–H and O–H groups in total. The van der Waals surface area contributed by atoms with E-state index < -0.39 is 0 Å². The second-order valence-corrected chi connectivity index (χ2v) is 3.68. The topological polar surface area (TPSA) is 42.2 Å². The van der Waals surface area contributed by atoms with Crippen LogP contribution in [0.2, 0.25) is 0 Å². The lowest BCUT2D eigenvalue weighted by Gasteiger charge is -2.19. The standard InChI is InChI=1S/C14H10N3O/c1-3-7-12(8-4-1)17(14-16-15-11-18-14)13-9-5-2-6-10-13/h1-10H. The van der Waals surface area contributed by atoms with Gasteiger partial charge in [-0.15, -0.1) is 5.10 Å². The molecule has 3 rings (SSSR count). The van der Waals surface area contributed by atoms with Crippen molar-refractivity contribution in [3.05, 3.63) is 67.1 Å². The van der Waals surface area contributed by atoms with E-state index in [2.05, 4.69) is 16.6 Å². The van der Waals surface area contributed by atoms with Crippen LogP contribution in [0.4, 0.5) is 17.4 Å². The normalized spacial score (nSPS) is 10.2. The summed E-state index contributed by atoms with van der Waals surface area (Å²) in [5.41, 5.74) is 1.92. The molecule has 2 aromatic carbocycles. The lowest BCUT2D eigenvalue weighted by Crippen LogP contribution is -2.09. The molecular formula is C14H10N3O. The zero-order chi connectivity index (χ0) is 12.2. The molecule has 87 valence electrons. The van der Waals surface area contributed by atoms with Gasteiger partial charge in [-0.2, -0.15) is 0 Å². The van der Waals surface area contributed by atoms with Crippen LogP contribution in [0.5, 0.6) is 0 Å². The molecule has 1 radical (unpaired) electrons. The molecule has 0 unspecified atom stereocenters. The van der Waals surface area contributed by atoms with Crippen LogP contribution in [-0.2, 0) is 0 Å². The van der Waals surface area contributed by atoms with Gasteiger partial charge in [-0.3, -0.25) is 4.90 Å². The van der Waals surface area contributed by atoms with Crippen molar-refractivity contribution >= 4 is 17.4 Å². The van der Waals surface area contributed by atoms with Crippen molar-refractivity contribution in [1.29, 1.82) is 0 Å². The summed E-state index contributed by atoms with van der Waals surface area (Å²) < 4.78 is 5.18. The number of para-hydroxylation sites is 2. The molecule has 0 aliphatic carbocycles. The molecule has 1 aromatic heterocycles. The summed E-state index contributed by atoms with van der Waals surface area (Å²) in [6, 6.07) is 20.1. The molecule has 0 saturated carbocycles. The predicted molar refractivity (Wildman–Crippen MR) is 67.8 cm³/mol. The second kappa shape index (κ2) is 4.71. The third kappa shape index (κ3) is 1.96. The van der Waals surface area contributed by atoms with Crippen LogP contribution in [0.25, 0.3) is 0 Å². The third-order valence-corrected chi connectivity index (χ3v) is 2.53. The SMILES string of the molecule is [c]1nnc(N(c2ccccc2)c2ccccc2)o1. The molecule has 0 aliphatic rings. The average Bonchev–Trinajstić information content (AvgIpc) is 2.95. The van der Waals surface area contributed by atoms with Gasteiger partial charge in [0.15, 0.2) is 0 Å². The number of nitrogens with zero attached hydrogens (tertiary/aromatic N) is 3. The highest BCUT2D eigenvalue weighted by Crippen LogP contribution is 2.31. The minimum Gasteiger partial charge on any atom is -0.398 e. The zero-order valence-electron chi connectivity index (χ0n) is 9.52. The van der Waals surface area contributed by atoms with Crippen molar-refractivity contribution in [2.24, 2.45) is 0 Å². The van der Waals surface area contributed by atoms with Crippen molar-refractivity contribution in [2.75, 3.05) is 4.90 Å². The Kier molecular flexibility index (Phi) is 2.75. The van der Waals surface area contributed by atoms with Gasteiger partial charge in [-0.05, 0) is 24.3 Å². The number of hydrogen-bond acceptors (Lipinski definition) is 4. The molecule has 0 spiro atoms. The average molecular weight is 236 g/mol. The third-order valence-electron chi connectivity index (χ3n) is 2.53. The van der Waals surface area contributed by atoms with Crippen molar-refractivity contribution < 1.29 is 4.42 Å². The summed E-state index contributed by atoms with van der Waals surface area (Å²) >= 11 is 0. The molecule has 0 fully saturated rings. The van der Waals surface area contributed by atoms with Gasteiger partial charge >= 0.3 is 12.4 Å². The Balaban J connectivity index is 2.11. The molecule has 3 aromatic rings. The Bertz CT molecular complexity index is 554. The highest BCUT2D eigenvalue weighted by molar-refractivity contribution is 5.71. The summed E-state index contributed by atoms with van der Waals surface area (Å²) in [6.45, 7) is 0. The first kappa shape index (κ1) is 10.5. The van der Waals surface area contributed by atoms with Gasteiger partial charge in [-0.1, -0.05) is 41.5 Å². The highest BCUT2D eigenvalue weighted by Gasteiger charge is 2.15. The number of anilines is 3. The van der Waals surface area contributed by atoms with Gasteiger partial charge in [0.05, 0.1) is 11.4 Å². The van der Waals surface area contributed by atoms with Crippen LogP contribution < -0.4 is 4.90 Å². The van der Waals surface area contributed by atoms with E-state index in [0.29, 0.717) is 6.01 Å². The highest BCUT2D eigenvalue weighted by atomic mass is 16.4. The van der Waals surface area contributed by atoms with Crippen LogP contribution in [0, 0.1) is 6.39 Å². The van der Waals surface area contributed by atoms with Gasteiger partial charge < -0.3 is 4.42 Å². The molecule has 0 bridgehead atoms. The molecular weight excluding hydrogens is 226 g/mol. The van der Waals surface area contributed by atoms with Crippen LogP contribution in [-0.4, -0.2) is 10.2 Å². The van der Waals surface area contributed by atoms with E-state index in [1.54, 1.807) is 0 Å². The second-order valence-electron chi connectivity index (χ2n) is 3.68. The first-order chi connectivity index (χ1) is 8.95. The number of benzene rings is 2. The fourth-order valence-corrected chi connectivity index (χ4v) is 1.76. The van der Waals surface area contributed by atoms with E-state index in [1.165, 1.54) is 0 Å². The van der Waals surface area contributed by atoms with E-state index in [-0.39, 0.29) is 0 Å². The van der Waals surface area contributed by atoms with Gasteiger partial charge in [-0.25, -0.2) is 0 Å². The van der Waals surface area contributed by atoms with E-state index in [1.807, 2.05) is 65.6 Å².